The van der Waals surface area contributed by atoms with Gasteiger partial charge in [0.2, 0.25) is 0 Å². The van der Waals surface area contributed by atoms with Gasteiger partial charge in [-0.15, -0.1) is 0 Å². The smallest absolute Gasteiger partial charge is 0.158 e. The second-order valence-corrected chi connectivity index (χ2v) is 21.6. The summed E-state index contributed by atoms with van der Waals surface area (Å²) in [5.41, 5.74) is 16.6. The van der Waals surface area contributed by atoms with Crippen LogP contribution in [0.15, 0.2) is 141 Å². The molecule has 12 aromatic rings. The lowest BCUT2D eigenvalue weighted by molar-refractivity contribution is 0.169. The van der Waals surface area contributed by atoms with E-state index in [0.29, 0.717) is 35.5 Å². The molecule has 416 valence electrons. The van der Waals surface area contributed by atoms with Crippen LogP contribution in [0.25, 0.3) is 65.9 Å². The lowest BCUT2D eigenvalue weighted by atomic mass is 10.1. The zero-order valence-electron chi connectivity index (χ0n) is 49.0. The van der Waals surface area contributed by atoms with Gasteiger partial charge in [0.05, 0.1) is 34.0 Å². The highest BCUT2D eigenvalue weighted by Gasteiger charge is 2.14. The fourth-order valence-corrected chi connectivity index (χ4v) is 9.81. The molecule has 0 aliphatic heterocycles. The minimum Gasteiger partial charge on any atom is -0.417 e. The number of hydrogen-bond donors (Lipinski definition) is 1. The van der Waals surface area contributed by atoms with Crippen LogP contribution in [0.5, 0.6) is 0 Å². The maximum atomic E-state index is 5.38. The van der Waals surface area contributed by atoms with Crippen molar-refractivity contribution in [3.63, 3.8) is 0 Å². The number of aryl methyl sites for hydroxylation is 4. The zero-order valence-corrected chi connectivity index (χ0v) is 49.0. The highest BCUT2D eigenvalue weighted by Crippen LogP contribution is 2.27. The Morgan fingerprint density at radius 1 is 0.405 bits per heavy atom. The van der Waals surface area contributed by atoms with Crippen molar-refractivity contribution in [2.24, 2.45) is 28.2 Å². The number of fused-ring (bicyclic) bond motifs is 6. The summed E-state index contributed by atoms with van der Waals surface area (Å²) in [6, 6.07) is 29.4. The Morgan fingerprint density at radius 3 is 1.54 bits per heavy atom. The molecule has 0 saturated carbocycles. The molecule has 0 aliphatic rings. The first-order valence-electron chi connectivity index (χ1n) is 27.2. The highest BCUT2D eigenvalue weighted by molar-refractivity contribution is 5.82. The molecule has 1 aromatic carbocycles. The number of rotatable bonds is 7. The molecule has 0 atom stereocenters. The Bertz CT molecular complexity index is 3470. The van der Waals surface area contributed by atoms with E-state index >= 15 is 0 Å². The summed E-state index contributed by atoms with van der Waals surface area (Å²) in [6.07, 6.45) is 16.2. The quantitative estimate of drug-likeness (QED) is 0.166. The second kappa shape index (κ2) is 27.0. The maximum absolute atomic E-state index is 5.38. The number of H-pyrrole nitrogens is 1. The molecule has 0 bridgehead atoms. The first-order valence-corrected chi connectivity index (χ1v) is 27.2. The Balaban J connectivity index is 0.000000153. The number of pyridine rings is 3. The summed E-state index contributed by atoms with van der Waals surface area (Å²) in [4.78, 5) is 38.0. The molecule has 1 N–H and O–H groups in total. The first kappa shape index (κ1) is 60.1. The summed E-state index contributed by atoms with van der Waals surface area (Å²) in [5, 5.41) is 4.83. The largest absolute Gasteiger partial charge is 0.417 e. The molecular weight excluding hydrogens is 979 g/mol. The van der Waals surface area contributed by atoms with Crippen molar-refractivity contribution in [2.75, 3.05) is 7.11 Å². The third-order valence-electron chi connectivity index (χ3n) is 14.1. The van der Waals surface area contributed by atoms with E-state index in [2.05, 4.69) is 216 Å². The topological polar surface area (TPSA) is 140 Å². The molecule has 0 radical (unpaired) electrons. The molecular formula is C65H85N13O. The maximum Gasteiger partial charge on any atom is 0.158 e. The molecule has 0 aliphatic carbocycles. The van der Waals surface area contributed by atoms with Gasteiger partial charge in [-0.05, 0) is 102 Å². The highest BCUT2D eigenvalue weighted by atomic mass is 16.6. The summed E-state index contributed by atoms with van der Waals surface area (Å²) >= 11 is 0. The van der Waals surface area contributed by atoms with Crippen molar-refractivity contribution in [1.82, 2.24) is 62.9 Å². The van der Waals surface area contributed by atoms with Crippen molar-refractivity contribution in [1.29, 1.82) is 0 Å². The first-order chi connectivity index (χ1) is 37.3. The van der Waals surface area contributed by atoms with Gasteiger partial charge in [0, 0.05) is 127 Å². The van der Waals surface area contributed by atoms with E-state index in [-0.39, 0.29) is 7.43 Å². The number of nitrogens with one attached hydrogen (secondary N) is 1. The number of benzene rings is 1. The van der Waals surface area contributed by atoms with Crippen LogP contribution in [-0.2, 0) is 28.2 Å². The SMILES string of the molecule is C.CC(C)c1cc2ccncc2n1C.CC(C)c1cc2cnccc2[nH]1.CC(C)c1cc2cncnc2n1C.CC(C)c1cc2ncccc2n1C.CC(C)c1cc2nccnc2n1C.COn1c(C(C)C)cc2ccccc21. The van der Waals surface area contributed by atoms with Gasteiger partial charge in [0.1, 0.15) is 24.6 Å². The van der Waals surface area contributed by atoms with Crippen LogP contribution in [0.3, 0.4) is 0 Å². The number of para-hydroxylation sites is 1. The fourth-order valence-electron chi connectivity index (χ4n) is 9.81. The third-order valence-corrected chi connectivity index (χ3v) is 14.1. The van der Waals surface area contributed by atoms with Gasteiger partial charge >= 0.3 is 0 Å². The third kappa shape index (κ3) is 14.0. The molecule has 12 rings (SSSR count). The molecule has 14 heteroatoms. The van der Waals surface area contributed by atoms with Crippen LogP contribution in [-0.4, -0.2) is 70.0 Å². The molecule has 0 amide bonds. The van der Waals surface area contributed by atoms with Crippen molar-refractivity contribution in [3.05, 3.63) is 175 Å². The Morgan fingerprint density at radius 2 is 0.924 bits per heavy atom. The normalized spacial score (nSPS) is 11.2. The molecule has 0 saturated heterocycles. The minimum absolute atomic E-state index is 0. The van der Waals surface area contributed by atoms with E-state index < -0.39 is 0 Å². The summed E-state index contributed by atoms with van der Waals surface area (Å²) < 4.78 is 10.6. The minimum atomic E-state index is 0. The molecule has 11 aromatic heterocycles. The monoisotopic (exact) mass is 1060 g/mol. The average molecular weight is 1060 g/mol. The lowest BCUT2D eigenvalue weighted by Crippen LogP contribution is -2.10. The van der Waals surface area contributed by atoms with Gasteiger partial charge in [-0.1, -0.05) is 109 Å². The molecule has 0 unspecified atom stereocenters. The summed E-state index contributed by atoms with van der Waals surface area (Å²) in [6.45, 7) is 26.2. The average Bonchev–Trinajstić information content (AvgIpc) is 4.32. The summed E-state index contributed by atoms with van der Waals surface area (Å²) in [5.74, 6) is 3.19. The van der Waals surface area contributed by atoms with Gasteiger partial charge in [-0.25, -0.2) is 15.0 Å². The molecule has 0 fully saturated rings. The predicted molar refractivity (Wildman–Crippen MR) is 330 cm³/mol. The Kier molecular flexibility index (Phi) is 20.5. The van der Waals surface area contributed by atoms with E-state index in [9.17, 15) is 0 Å². The molecule has 0 spiro atoms. The number of hydrogen-bond acceptors (Lipinski definition) is 8. The van der Waals surface area contributed by atoms with Crippen LogP contribution in [0.1, 0.15) is 160 Å². The lowest BCUT2D eigenvalue weighted by Gasteiger charge is -2.10. The van der Waals surface area contributed by atoms with Gasteiger partial charge in [0.15, 0.2) is 5.65 Å². The number of aromatic nitrogens is 13. The summed E-state index contributed by atoms with van der Waals surface area (Å²) in [7, 11) is 9.98. The van der Waals surface area contributed by atoms with Gasteiger partial charge < -0.3 is 28.1 Å². The fraction of sp³-hybridized carbons (Fsp3) is 0.369. The van der Waals surface area contributed by atoms with Crippen molar-refractivity contribution in [3.8, 4) is 0 Å². The van der Waals surface area contributed by atoms with E-state index in [4.69, 9.17) is 4.84 Å². The van der Waals surface area contributed by atoms with Crippen LogP contribution in [0, 0.1) is 0 Å². The Labute approximate surface area is 468 Å². The van der Waals surface area contributed by atoms with Gasteiger partial charge in [0.25, 0.3) is 0 Å². The van der Waals surface area contributed by atoms with E-state index in [0.717, 1.165) is 33.2 Å². The van der Waals surface area contributed by atoms with Crippen molar-refractivity contribution >= 4 is 65.9 Å². The van der Waals surface area contributed by atoms with Crippen LogP contribution >= 0.6 is 0 Å². The van der Waals surface area contributed by atoms with Gasteiger partial charge in [-0.3, -0.25) is 19.9 Å². The van der Waals surface area contributed by atoms with Crippen molar-refractivity contribution < 1.29 is 4.84 Å². The van der Waals surface area contributed by atoms with Crippen LogP contribution < -0.4 is 4.84 Å². The predicted octanol–water partition coefficient (Wildman–Crippen LogP) is 15.7. The van der Waals surface area contributed by atoms with E-state index in [1.54, 1.807) is 25.8 Å². The zero-order chi connectivity index (χ0) is 56.4. The number of nitrogens with zero attached hydrogens (tertiary/aromatic N) is 12. The molecule has 11 heterocycles. The van der Waals surface area contributed by atoms with Crippen molar-refractivity contribution in [2.45, 2.75) is 126 Å². The molecule has 14 nitrogen and oxygen atoms in total. The van der Waals surface area contributed by atoms with E-state index in [1.165, 1.54) is 66.9 Å². The second-order valence-electron chi connectivity index (χ2n) is 21.6. The van der Waals surface area contributed by atoms with Gasteiger partial charge in [-0.2, -0.15) is 4.73 Å². The van der Waals surface area contributed by atoms with Crippen LogP contribution in [0.2, 0.25) is 0 Å². The molecule has 79 heavy (non-hydrogen) atoms. The number of aromatic amines is 1. The van der Waals surface area contributed by atoms with Crippen LogP contribution in [0.4, 0.5) is 0 Å². The Hall–Kier alpha value is -8.13. The van der Waals surface area contributed by atoms with E-state index in [1.807, 2.05) is 80.3 Å². The standard InChI is InChI=1S/C12H15NO.2C11H14N2.2C10H13N3.C10H12N2.CH4/c1-9(2)12-8-10-6-4-5-7-11(10)13(12)14-3;1-8(2)10-6-9-4-5-12-7-11(9)13(10)3;1-8(2)11-7-9-10(13(11)3)5-4-6-12-9;1-7(2)9-4-8-5-11-6-12-10(8)13(9)3;1-7(2)9-6-8-10(13(9)3)12-5-4-11-8;1-7(2)10-5-8-6-11-4-3-9(8)12-10;/h4-9H,1-3H3;2*4-8H,1-3H3;2*4-7H,1-3H3;3-7,12H,1-2H3;1H4.